The van der Waals surface area contributed by atoms with Crippen LogP contribution < -0.4 is 14.8 Å². The number of anilines is 1. The summed E-state index contributed by atoms with van der Waals surface area (Å²) < 4.78 is 13.0. The second-order valence-corrected chi connectivity index (χ2v) is 8.97. The standard InChI is InChI=1S/C25H22ClN5O2S/c1-31-9-8-27-24(31)22(16-10-18(32-2)12-19(11-16)33-3)30-23-21-20(13-34-25(21)29-14-28-23)15-4-6-17(26)7-5-15/h4-14,22H,1-3H3,(H,28,29,30). The molecule has 0 fully saturated rings. The first kappa shape index (κ1) is 22.2. The number of hydrogen-bond acceptors (Lipinski definition) is 7. The second kappa shape index (κ2) is 9.32. The number of hydrogen-bond donors (Lipinski definition) is 1. The van der Waals surface area contributed by atoms with Crippen molar-refractivity contribution >= 4 is 39.0 Å². The predicted molar refractivity (Wildman–Crippen MR) is 136 cm³/mol. The lowest BCUT2D eigenvalue weighted by Crippen LogP contribution is -2.18. The summed E-state index contributed by atoms with van der Waals surface area (Å²) in [4.78, 5) is 14.6. The normalized spacial score (nSPS) is 12.0. The number of nitrogens with zero attached hydrogens (tertiary/aromatic N) is 4. The molecular weight excluding hydrogens is 470 g/mol. The van der Waals surface area contributed by atoms with Crippen molar-refractivity contribution in [3.8, 4) is 22.6 Å². The molecule has 7 nitrogen and oxygen atoms in total. The molecule has 0 saturated carbocycles. The van der Waals surface area contributed by atoms with Gasteiger partial charge in [-0.25, -0.2) is 15.0 Å². The van der Waals surface area contributed by atoms with Crippen LogP contribution in [0.25, 0.3) is 21.3 Å². The van der Waals surface area contributed by atoms with E-state index < -0.39 is 0 Å². The molecule has 34 heavy (non-hydrogen) atoms. The average Bonchev–Trinajstić information content (AvgIpc) is 3.49. The summed E-state index contributed by atoms with van der Waals surface area (Å²) in [6.07, 6.45) is 5.27. The summed E-state index contributed by atoms with van der Waals surface area (Å²) in [5.74, 6) is 2.93. The van der Waals surface area contributed by atoms with E-state index >= 15 is 0 Å². The van der Waals surface area contributed by atoms with Gasteiger partial charge in [-0.3, -0.25) is 0 Å². The largest absolute Gasteiger partial charge is 0.497 e. The van der Waals surface area contributed by atoms with E-state index in [4.69, 9.17) is 21.1 Å². The molecule has 9 heteroatoms. The maximum absolute atomic E-state index is 6.12. The van der Waals surface area contributed by atoms with Gasteiger partial charge in [0.05, 0.1) is 19.6 Å². The van der Waals surface area contributed by atoms with E-state index in [1.807, 2.05) is 60.3 Å². The molecule has 0 spiro atoms. The summed E-state index contributed by atoms with van der Waals surface area (Å²) in [6, 6.07) is 13.3. The van der Waals surface area contributed by atoms with Gasteiger partial charge in [-0.05, 0) is 35.4 Å². The lowest BCUT2D eigenvalue weighted by molar-refractivity contribution is 0.393. The lowest BCUT2D eigenvalue weighted by atomic mass is 10.0. The van der Waals surface area contributed by atoms with Crippen LogP contribution in [0.1, 0.15) is 17.4 Å². The second-order valence-electron chi connectivity index (χ2n) is 7.68. The van der Waals surface area contributed by atoms with Crippen molar-refractivity contribution in [2.24, 2.45) is 7.05 Å². The van der Waals surface area contributed by atoms with Gasteiger partial charge in [-0.2, -0.15) is 0 Å². The first-order chi connectivity index (χ1) is 16.6. The number of benzene rings is 2. The molecule has 0 amide bonds. The van der Waals surface area contributed by atoms with Crippen LogP contribution in [-0.2, 0) is 7.05 Å². The molecule has 1 N–H and O–H groups in total. The third kappa shape index (κ3) is 4.18. The molecule has 2 aromatic carbocycles. The van der Waals surface area contributed by atoms with Gasteiger partial charge in [0.1, 0.15) is 40.3 Å². The Balaban J connectivity index is 1.66. The Morgan fingerprint density at radius 1 is 1.00 bits per heavy atom. The van der Waals surface area contributed by atoms with Crippen molar-refractivity contribution in [1.82, 2.24) is 19.5 Å². The Morgan fingerprint density at radius 2 is 1.74 bits per heavy atom. The average molecular weight is 492 g/mol. The van der Waals surface area contributed by atoms with Crippen molar-refractivity contribution in [3.05, 3.63) is 83.0 Å². The van der Waals surface area contributed by atoms with Crippen molar-refractivity contribution < 1.29 is 9.47 Å². The van der Waals surface area contributed by atoms with Crippen molar-refractivity contribution in [1.29, 1.82) is 0 Å². The molecule has 0 aliphatic rings. The molecule has 3 aromatic heterocycles. The predicted octanol–water partition coefficient (Wildman–Crippen LogP) is 5.96. The smallest absolute Gasteiger partial charge is 0.139 e. The fourth-order valence-electron chi connectivity index (χ4n) is 3.91. The number of thiophene rings is 1. The zero-order chi connectivity index (χ0) is 23.7. The minimum atomic E-state index is -0.319. The fraction of sp³-hybridized carbons (Fsp3) is 0.160. The van der Waals surface area contributed by atoms with E-state index in [-0.39, 0.29) is 6.04 Å². The van der Waals surface area contributed by atoms with Crippen LogP contribution in [0.4, 0.5) is 5.82 Å². The molecule has 0 aliphatic carbocycles. The van der Waals surface area contributed by atoms with Crippen molar-refractivity contribution in [3.63, 3.8) is 0 Å². The number of fused-ring (bicyclic) bond motifs is 1. The number of halogens is 1. The Morgan fingerprint density at radius 3 is 2.38 bits per heavy atom. The summed E-state index contributed by atoms with van der Waals surface area (Å²) >= 11 is 7.69. The number of nitrogens with one attached hydrogen (secondary N) is 1. The highest BCUT2D eigenvalue weighted by Crippen LogP contribution is 2.39. The van der Waals surface area contributed by atoms with E-state index in [1.54, 1.807) is 38.1 Å². The van der Waals surface area contributed by atoms with Crippen LogP contribution in [0, 0.1) is 0 Å². The number of aryl methyl sites for hydroxylation is 1. The lowest BCUT2D eigenvalue weighted by Gasteiger charge is -2.21. The topological polar surface area (TPSA) is 74.1 Å². The number of methoxy groups -OCH3 is 2. The minimum absolute atomic E-state index is 0.319. The van der Waals surface area contributed by atoms with E-state index in [1.165, 1.54) is 0 Å². The fourth-order valence-corrected chi connectivity index (χ4v) is 4.95. The van der Waals surface area contributed by atoms with Gasteiger partial charge < -0.3 is 19.4 Å². The number of ether oxygens (including phenoxy) is 2. The molecule has 0 aliphatic heterocycles. The van der Waals surface area contributed by atoms with Gasteiger partial charge in [0.15, 0.2) is 0 Å². The van der Waals surface area contributed by atoms with Gasteiger partial charge in [0.25, 0.3) is 0 Å². The molecule has 0 radical (unpaired) electrons. The number of aromatic nitrogens is 4. The number of imidazole rings is 1. The Hall–Kier alpha value is -3.62. The van der Waals surface area contributed by atoms with Crippen molar-refractivity contribution in [2.75, 3.05) is 19.5 Å². The van der Waals surface area contributed by atoms with Crippen LogP contribution in [-0.4, -0.2) is 33.7 Å². The first-order valence-corrected chi connectivity index (χ1v) is 11.8. The maximum atomic E-state index is 6.12. The van der Waals surface area contributed by atoms with Crippen LogP contribution in [0.15, 0.2) is 66.6 Å². The highest BCUT2D eigenvalue weighted by molar-refractivity contribution is 7.17. The first-order valence-electron chi connectivity index (χ1n) is 10.5. The highest BCUT2D eigenvalue weighted by Gasteiger charge is 2.23. The molecule has 172 valence electrons. The SMILES string of the molecule is COc1cc(OC)cc(C(Nc2ncnc3scc(-c4ccc(Cl)cc4)c23)c2nccn2C)c1. The van der Waals surface area contributed by atoms with Crippen LogP contribution >= 0.6 is 22.9 Å². The zero-order valence-electron chi connectivity index (χ0n) is 18.8. The van der Waals surface area contributed by atoms with Gasteiger partial charge in [0.2, 0.25) is 0 Å². The van der Waals surface area contributed by atoms with E-state index in [0.29, 0.717) is 22.3 Å². The summed E-state index contributed by atoms with van der Waals surface area (Å²) in [5, 5.41) is 7.36. The highest BCUT2D eigenvalue weighted by atomic mass is 35.5. The molecule has 1 atom stereocenters. The molecule has 5 rings (SSSR count). The third-order valence-electron chi connectivity index (χ3n) is 5.63. The summed E-state index contributed by atoms with van der Waals surface area (Å²) in [7, 11) is 5.24. The molecule has 1 unspecified atom stereocenters. The molecule has 3 heterocycles. The quantitative estimate of drug-likeness (QED) is 0.302. The molecule has 0 bridgehead atoms. The number of rotatable bonds is 7. The van der Waals surface area contributed by atoms with Gasteiger partial charge in [-0.1, -0.05) is 23.7 Å². The van der Waals surface area contributed by atoms with Crippen LogP contribution in [0.2, 0.25) is 5.02 Å². The van der Waals surface area contributed by atoms with E-state index in [9.17, 15) is 0 Å². The zero-order valence-corrected chi connectivity index (χ0v) is 20.4. The minimum Gasteiger partial charge on any atom is -0.497 e. The molecule has 0 saturated heterocycles. The van der Waals surface area contributed by atoms with Crippen molar-refractivity contribution in [2.45, 2.75) is 6.04 Å². The summed E-state index contributed by atoms with van der Waals surface area (Å²) in [6.45, 7) is 0. The van der Waals surface area contributed by atoms with Gasteiger partial charge in [-0.15, -0.1) is 11.3 Å². The Kier molecular flexibility index (Phi) is 6.08. The van der Waals surface area contributed by atoms with Gasteiger partial charge in [0, 0.05) is 41.5 Å². The molecule has 5 aromatic rings. The van der Waals surface area contributed by atoms with Gasteiger partial charge >= 0.3 is 0 Å². The van der Waals surface area contributed by atoms with E-state index in [0.717, 1.165) is 32.7 Å². The van der Waals surface area contributed by atoms with E-state index in [2.05, 4.69) is 25.6 Å². The summed E-state index contributed by atoms with van der Waals surface area (Å²) in [5.41, 5.74) is 3.02. The monoisotopic (exact) mass is 491 g/mol. The van der Waals surface area contributed by atoms with Crippen LogP contribution in [0.3, 0.4) is 0 Å². The third-order valence-corrected chi connectivity index (χ3v) is 6.77. The Labute approximate surface area is 206 Å². The Bertz CT molecular complexity index is 1430. The molecular formula is C25H22ClN5O2S. The maximum Gasteiger partial charge on any atom is 0.139 e. The van der Waals surface area contributed by atoms with Crippen LogP contribution in [0.5, 0.6) is 11.5 Å².